The monoisotopic (exact) mass is 193 g/mol. The SMILES string of the molecule is CC(c1ccccn1)N(C)C(=O)CN. The number of likely N-dealkylation sites (N-methyl/N-ethyl adjacent to an activating group) is 1. The molecule has 1 aromatic rings. The molecule has 0 saturated carbocycles. The second-order valence-corrected chi connectivity index (χ2v) is 3.14. The van der Waals surface area contributed by atoms with Crippen LogP contribution in [0.3, 0.4) is 0 Å². The molecule has 1 heterocycles. The fraction of sp³-hybridized carbons (Fsp3) is 0.400. The van der Waals surface area contributed by atoms with Gasteiger partial charge in [0.1, 0.15) is 0 Å². The van der Waals surface area contributed by atoms with Crippen LogP contribution in [0.5, 0.6) is 0 Å². The Morgan fingerprint density at radius 1 is 1.64 bits per heavy atom. The molecule has 4 heteroatoms. The lowest BCUT2D eigenvalue weighted by Crippen LogP contribution is -2.34. The van der Waals surface area contributed by atoms with Gasteiger partial charge in [0.15, 0.2) is 0 Å². The van der Waals surface area contributed by atoms with Crippen LogP contribution in [0.25, 0.3) is 0 Å². The van der Waals surface area contributed by atoms with Crippen molar-refractivity contribution < 1.29 is 4.79 Å². The Bertz CT molecular complexity index is 299. The summed E-state index contributed by atoms with van der Waals surface area (Å²) in [6.45, 7) is 1.96. The molecular weight excluding hydrogens is 178 g/mol. The van der Waals surface area contributed by atoms with Gasteiger partial charge in [-0.05, 0) is 19.1 Å². The first-order valence-corrected chi connectivity index (χ1v) is 4.53. The largest absolute Gasteiger partial charge is 0.336 e. The predicted octanol–water partition coefficient (Wildman–Crippen LogP) is 0.560. The number of hydrogen-bond donors (Lipinski definition) is 1. The Kier molecular flexibility index (Phi) is 3.59. The lowest BCUT2D eigenvalue weighted by molar-refractivity contribution is -0.130. The number of amides is 1. The van der Waals surface area contributed by atoms with E-state index in [9.17, 15) is 4.79 Å². The number of pyridine rings is 1. The van der Waals surface area contributed by atoms with Crippen molar-refractivity contribution in [2.75, 3.05) is 13.6 Å². The van der Waals surface area contributed by atoms with Crippen molar-refractivity contribution >= 4 is 5.91 Å². The van der Waals surface area contributed by atoms with Crippen LogP contribution < -0.4 is 5.73 Å². The molecule has 1 unspecified atom stereocenters. The van der Waals surface area contributed by atoms with E-state index in [0.29, 0.717) is 0 Å². The zero-order valence-electron chi connectivity index (χ0n) is 8.47. The Labute approximate surface area is 83.7 Å². The van der Waals surface area contributed by atoms with Gasteiger partial charge in [-0.2, -0.15) is 0 Å². The number of carbonyl (C=O) groups excluding carboxylic acids is 1. The molecule has 0 aliphatic heterocycles. The zero-order chi connectivity index (χ0) is 10.6. The van der Waals surface area contributed by atoms with Gasteiger partial charge >= 0.3 is 0 Å². The zero-order valence-corrected chi connectivity index (χ0v) is 8.47. The van der Waals surface area contributed by atoms with E-state index in [4.69, 9.17) is 5.73 Å². The smallest absolute Gasteiger partial charge is 0.236 e. The van der Waals surface area contributed by atoms with Crippen molar-refractivity contribution in [3.8, 4) is 0 Å². The van der Waals surface area contributed by atoms with Gasteiger partial charge < -0.3 is 10.6 Å². The molecule has 0 aromatic carbocycles. The van der Waals surface area contributed by atoms with E-state index in [0.717, 1.165) is 5.69 Å². The third-order valence-corrected chi connectivity index (χ3v) is 2.26. The number of carbonyl (C=O) groups is 1. The molecular formula is C10H15N3O. The first-order valence-electron chi connectivity index (χ1n) is 4.53. The lowest BCUT2D eigenvalue weighted by atomic mass is 10.2. The number of nitrogens with zero attached hydrogens (tertiary/aromatic N) is 2. The Hall–Kier alpha value is -1.42. The predicted molar refractivity (Wildman–Crippen MR) is 54.5 cm³/mol. The minimum absolute atomic E-state index is 0.0350. The maximum atomic E-state index is 11.3. The molecule has 0 bridgehead atoms. The van der Waals surface area contributed by atoms with E-state index >= 15 is 0 Å². The number of nitrogens with two attached hydrogens (primary N) is 1. The Morgan fingerprint density at radius 3 is 2.86 bits per heavy atom. The van der Waals surface area contributed by atoms with Gasteiger partial charge in [0.2, 0.25) is 5.91 Å². The van der Waals surface area contributed by atoms with Crippen LogP contribution in [0.4, 0.5) is 0 Å². The standard InChI is InChI=1S/C10H15N3O/c1-8(13(2)10(14)7-11)9-5-3-4-6-12-9/h3-6,8H,7,11H2,1-2H3. The number of aromatic nitrogens is 1. The van der Waals surface area contributed by atoms with Crippen LogP contribution in [-0.2, 0) is 4.79 Å². The van der Waals surface area contributed by atoms with Crippen molar-refractivity contribution in [2.24, 2.45) is 5.73 Å². The fourth-order valence-corrected chi connectivity index (χ4v) is 1.18. The minimum atomic E-state index is -0.0804. The summed E-state index contributed by atoms with van der Waals surface area (Å²) in [5, 5.41) is 0. The van der Waals surface area contributed by atoms with Crippen LogP contribution in [0, 0.1) is 0 Å². The fourth-order valence-electron chi connectivity index (χ4n) is 1.18. The van der Waals surface area contributed by atoms with E-state index in [-0.39, 0.29) is 18.5 Å². The summed E-state index contributed by atoms with van der Waals surface area (Å²) < 4.78 is 0. The second-order valence-electron chi connectivity index (χ2n) is 3.14. The highest BCUT2D eigenvalue weighted by Gasteiger charge is 2.16. The summed E-state index contributed by atoms with van der Waals surface area (Å²) >= 11 is 0. The molecule has 1 atom stereocenters. The molecule has 0 radical (unpaired) electrons. The quantitative estimate of drug-likeness (QED) is 0.763. The summed E-state index contributed by atoms with van der Waals surface area (Å²) in [6.07, 6.45) is 1.71. The first kappa shape index (κ1) is 10.7. The van der Waals surface area contributed by atoms with Gasteiger partial charge in [-0.15, -0.1) is 0 Å². The summed E-state index contributed by atoms with van der Waals surface area (Å²) in [4.78, 5) is 17.1. The third-order valence-electron chi connectivity index (χ3n) is 2.26. The van der Waals surface area contributed by atoms with Crippen molar-refractivity contribution in [1.29, 1.82) is 0 Å². The average Bonchev–Trinajstić information content (AvgIpc) is 2.27. The van der Waals surface area contributed by atoms with Crippen molar-refractivity contribution in [2.45, 2.75) is 13.0 Å². The molecule has 1 aromatic heterocycles. The van der Waals surface area contributed by atoms with E-state index < -0.39 is 0 Å². The van der Waals surface area contributed by atoms with Crippen molar-refractivity contribution in [3.05, 3.63) is 30.1 Å². The van der Waals surface area contributed by atoms with Crippen LogP contribution in [-0.4, -0.2) is 29.4 Å². The Balaban J connectivity index is 2.75. The van der Waals surface area contributed by atoms with Gasteiger partial charge in [0.05, 0.1) is 18.3 Å². The number of rotatable bonds is 3. The van der Waals surface area contributed by atoms with Crippen LogP contribution in [0.2, 0.25) is 0 Å². The third kappa shape index (κ3) is 2.29. The normalized spacial score (nSPS) is 12.2. The van der Waals surface area contributed by atoms with Crippen molar-refractivity contribution in [1.82, 2.24) is 9.88 Å². The topological polar surface area (TPSA) is 59.2 Å². The molecule has 1 amide bonds. The van der Waals surface area contributed by atoms with E-state index in [2.05, 4.69) is 4.98 Å². The molecule has 0 fully saturated rings. The van der Waals surface area contributed by atoms with Crippen LogP contribution >= 0.6 is 0 Å². The summed E-state index contributed by atoms with van der Waals surface area (Å²) in [7, 11) is 1.73. The van der Waals surface area contributed by atoms with Crippen molar-refractivity contribution in [3.63, 3.8) is 0 Å². The highest BCUT2D eigenvalue weighted by atomic mass is 16.2. The molecule has 0 saturated heterocycles. The molecule has 0 aliphatic carbocycles. The molecule has 76 valence electrons. The average molecular weight is 193 g/mol. The maximum Gasteiger partial charge on any atom is 0.236 e. The minimum Gasteiger partial charge on any atom is -0.336 e. The highest BCUT2D eigenvalue weighted by molar-refractivity contribution is 5.78. The molecule has 4 nitrogen and oxygen atoms in total. The molecule has 1 rings (SSSR count). The van der Waals surface area contributed by atoms with E-state index in [1.165, 1.54) is 0 Å². The summed E-state index contributed by atoms with van der Waals surface area (Å²) in [5.41, 5.74) is 6.15. The molecule has 0 spiro atoms. The van der Waals surface area contributed by atoms with E-state index in [1.807, 2.05) is 25.1 Å². The summed E-state index contributed by atoms with van der Waals surface area (Å²) in [5.74, 6) is -0.0804. The van der Waals surface area contributed by atoms with Crippen LogP contribution in [0.1, 0.15) is 18.7 Å². The molecule has 2 N–H and O–H groups in total. The first-order chi connectivity index (χ1) is 6.66. The molecule has 0 aliphatic rings. The van der Waals surface area contributed by atoms with Gasteiger partial charge in [0.25, 0.3) is 0 Å². The second kappa shape index (κ2) is 4.72. The Morgan fingerprint density at radius 2 is 2.36 bits per heavy atom. The lowest BCUT2D eigenvalue weighted by Gasteiger charge is -2.23. The van der Waals surface area contributed by atoms with Crippen LogP contribution in [0.15, 0.2) is 24.4 Å². The number of hydrogen-bond acceptors (Lipinski definition) is 3. The van der Waals surface area contributed by atoms with E-state index in [1.54, 1.807) is 18.1 Å². The van der Waals surface area contributed by atoms with Gasteiger partial charge in [-0.3, -0.25) is 9.78 Å². The maximum absolute atomic E-state index is 11.3. The van der Waals surface area contributed by atoms with Gasteiger partial charge in [-0.1, -0.05) is 6.07 Å². The highest BCUT2D eigenvalue weighted by Crippen LogP contribution is 2.15. The van der Waals surface area contributed by atoms with Gasteiger partial charge in [-0.25, -0.2) is 0 Å². The molecule has 14 heavy (non-hydrogen) atoms. The summed E-state index contributed by atoms with van der Waals surface area (Å²) in [6, 6.07) is 5.61. The van der Waals surface area contributed by atoms with Gasteiger partial charge in [0, 0.05) is 13.2 Å².